The highest BCUT2D eigenvalue weighted by Gasteiger charge is 2.10. The molecule has 0 bridgehead atoms. The second-order valence-electron chi connectivity index (χ2n) is 5.12. The van der Waals surface area contributed by atoms with Gasteiger partial charge < -0.3 is 15.1 Å². The fraction of sp³-hybridized carbons (Fsp3) is 0.353. The number of aryl methyl sites for hydroxylation is 1. The van der Waals surface area contributed by atoms with E-state index < -0.39 is 0 Å². The lowest BCUT2D eigenvalue weighted by molar-refractivity contribution is 0.441. The van der Waals surface area contributed by atoms with Crippen molar-refractivity contribution in [1.29, 1.82) is 0 Å². The molecular weight excluding hydrogens is 440 g/mol. The molecule has 2 N–H and O–H groups in total. The van der Waals surface area contributed by atoms with Crippen LogP contribution in [-0.4, -0.2) is 25.3 Å². The number of nitrogens with zero attached hydrogens (tertiary/aromatic N) is 1. The van der Waals surface area contributed by atoms with E-state index in [9.17, 15) is 4.39 Å². The maximum atomic E-state index is 12.8. The van der Waals surface area contributed by atoms with E-state index in [1.165, 1.54) is 12.1 Å². The summed E-state index contributed by atoms with van der Waals surface area (Å²) in [6.45, 7) is 4.71. The van der Waals surface area contributed by atoms with Crippen molar-refractivity contribution in [2.45, 2.75) is 24.8 Å². The van der Waals surface area contributed by atoms with Crippen molar-refractivity contribution in [1.82, 2.24) is 10.6 Å². The predicted molar refractivity (Wildman–Crippen MR) is 109 cm³/mol. The second kappa shape index (κ2) is 10.6. The van der Waals surface area contributed by atoms with Crippen LogP contribution in [0.15, 0.2) is 50.7 Å². The summed E-state index contributed by atoms with van der Waals surface area (Å²) in [7, 11) is 1.74. The number of aliphatic imine (C=N–C) groups is 1. The lowest BCUT2D eigenvalue weighted by Crippen LogP contribution is -2.39. The molecule has 0 amide bonds. The number of benzene rings is 1. The average Bonchev–Trinajstić information content (AvgIpc) is 2.98. The number of hydrogen-bond acceptors (Lipinski definition) is 3. The van der Waals surface area contributed by atoms with Crippen molar-refractivity contribution < 1.29 is 8.81 Å². The largest absolute Gasteiger partial charge is 0.464 e. The minimum Gasteiger partial charge on any atom is -0.464 e. The van der Waals surface area contributed by atoms with Crippen molar-refractivity contribution >= 4 is 41.7 Å². The van der Waals surface area contributed by atoms with E-state index in [2.05, 4.69) is 15.6 Å². The zero-order valence-corrected chi connectivity index (χ0v) is 17.2. The Kier molecular flexibility index (Phi) is 9.20. The molecule has 24 heavy (non-hydrogen) atoms. The molecule has 0 saturated carbocycles. The summed E-state index contributed by atoms with van der Waals surface area (Å²) in [4.78, 5) is 5.26. The summed E-state index contributed by atoms with van der Waals surface area (Å²) < 4.78 is 18.4. The van der Waals surface area contributed by atoms with Gasteiger partial charge in [0.15, 0.2) is 5.96 Å². The Morgan fingerprint density at radius 1 is 1.25 bits per heavy atom. The Labute approximate surface area is 163 Å². The number of nitrogens with one attached hydrogen (secondary N) is 2. The van der Waals surface area contributed by atoms with Gasteiger partial charge in [0.2, 0.25) is 0 Å². The molecule has 2 rings (SSSR count). The Hall–Kier alpha value is -1.22. The van der Waals surface area contributed by atoms with E-state index in [0.29, 0.717) is 0 Å². The van der Waals surface area contributed by atoms with Crippen LogP contribution in [-0.2, 0) is 0 Å². The molecule has 4 nitrogen and oxygen atoms in total. The third-order valence-electron chi connectivity index (χ3n) is 3.24. The summed E-state index contributed by atoms with van der Waals surface area (Å²) in [6.07, 6.45) is 0. The molecule has 0 aliphatic carbocycles. The maximum Gasteiger partial charge on any atom is 0.191 e. The van der Waals surface area contributed by atoms with Crippen LogP contribution in [0.5, 0.6) is 0 Å². The quantitative estimate of drug-likeness (QED) is 0.220. The topological polar surface area (TPSA) is 49.6 Å². The molecule has 7 heteroatoms. The molecule has 0 radical (unpaired) electrons. The normalized spacial score (nSPS) is 12.4. The summed E-state index contributed by atoms with van der Waals surface area (Å²) in [5, 5.41) is 6.55. The summed E-state index contributed by atoms with van der Waals surface area (Å²) in [5.41, 5.74) is 0. The monoisotopic (exact) mass is 463 g/mol. The van der Waals surface area contributed by atoms with Crippen molar-refractivity contribution in [3.8, 4) is 0 Å². The predicted octanol–water partition coefficient (Wildman–Crippen LogP) is 4.36. The van der Waals surface area contributed by atoms with E-state index in [0.717, 1.165) is 34.7 Å². The molecule has 1 heterocycles. The van der Waals surface area contributed by atoms with Gasteiger partial charge in [0.05, 0.1) is 6.04 Å². The standard InChI is InChI=1S/C17H22FN3OS.HI/c1-12-4-9-16(22-12)13(2)21-17(19-3)20-10-11-23-15-7-5-14(18)6-8-15;/h4-9,13H,10-11H2,1-3H3,(H2,19,20,21);1H. The Balaban J connectivity index is 0.00000288. The van der Waals surface area contributed by atoms with Gasteiger partial charge in [0.1, 0.15) is 17.3 Å². The van der Waals surface area contributed by atoms with Crippen LogP contribution in [0.25, 0.3) is 0 Å². The minimum atomic E-state index is -0.209. The zero-order valence-electron chi connectivity index (χ0n) is 14.0. The van der Waals surface area contributed by atoms with Gasteiger partial charge in [-0.3, -0.25) is 4.99 Å². The number of thioether (sulfide) groups is 1. The highest BCUT2D eigenvalue weighted by atomic mass is 127. The van der Waals surface area contributed by atoms with Gasteiger partial charge in [-0.15, -0.1) is 35.7 Å². The van der Waals surface area contributed by atoms with Gasteiger partial charge in [-0.2, -0.15) is 0 Å². The van der Waals surface area contributed by atoms with Gasteiger partial charge in [-0.25, -0.2) is 4.39 Å². The smallest absolute Gasteiger partial charge is 0.191 e. The van der Waals surface area contributed by atoms with E-state index in [4.69, 9.17) is 4.42 Å². The Morgan fingerprint density at radius 3 is 2.54 bits per heavy atom. The second-order valence-corrected chi connectivity index (χ2v) is 6.28. The fourth-order valence-electron chi connectivity index (χ4n) is 2.03. The van der Waals surface area contributed by atoms with Gasteiger partial charge in [-0.1, -0.05) is 0 Å². The maximum absolute atomic E-state index is 12.8. The molecule has 2 aromatic rings. The molecule has 0 fully saturated rings. The molecular formula is C17H23FIN3OS. The van der Waals surface area contributed by atoms with Crippen LogP contribution in [0.1, 0.15) is 24.5 Å². The summed E-state index contributed by atoms with van der Waals surface area (Å²) in [5.74, 6) is 3.16. The molecule has 0 saturated heterocycles. The van der Waals surface area contributed by atoms with Crippen molar-refractivity contribution in [2.24, 2.45) is 4.99 Å². The van der Waals surface area contributed by atoms with Gasteiger partial charge in [-0.05, 0) is 50.2 Å². The van der Waals surface area contributed by atoms with Crippen molar-refractivity contribution in [3.05, 3.63) is 53.7 Å². The summed E-state index contributed by atoms with van der Waals surface area (Å²) >= 11 is 1.67. The molecule has 1 unspecified atom stereocenters. The SMILES string of the molecule is CN=C(NCCSc1ccc(F)cc1)NC(C)c1ccc(C)o1.I. The first-order valence-corrected chi connectivity index (χ1v) is 8.49. The van der Waals surface area contributed by atoms with Gasteiger partial charge >= 0.3 is 0 Å². The third-order valence-corrected chi connectivity index (χ3v) is 4.26. The zero-order chi connectivity index (χ0) is 16.7. The number of guanidine groups is 1. The van der Waals surface area contributed by atoms with E-state index in [1.54, 1.807) is 30.9 Å². The first-order chi connectivity index (χ1) is 11.1. The summed E-state index contributed by atoms with van der Waals surface area (Å²) in [6, 6.07) is 10.5. The van der Waals surface area contributed by atoms with E-state index >= 15 is 0 Å². The number of rotatable bonds is 6. The highest BCUT2D eigenvalue weighted by molar-refractivity contribution is 14.0. The van der Waals surface area contributed by atoms with Crippen LogP contribution in [0.2, 0.25) is 0 Å². The van der Waals surface area contributed by atoms with Gasteiger partial charge in [0.25, 0.3) is 0 Å². The average molecular weight is 463 g/mol. The fourth-order valence-corrected chi connectivity index (χ4v) is 2.79. The Morgan fingerprint density at radius 2 is 1.96 bits per heavy atom. The van der Waals surface area contributed by atoms with Crippen LogP contribution >= 0.6 is 35.7 Å². The minimum absolute atomic E-state index is 0. The van der Waals surface area contributed by atoms with Crippen LogP contribution in [0, 0.1) is 12.7 Å². The van der Waals surface area contributed by atoms with Gasteiger partial charge in [0, 0.05) is 24.2 Å². The van der Waals surface area contributed by atoms with Crippen LogP contribution in [0.4, 0.5) is 4.39 Å². The Bertz CT molecular complexity index is 646. The van der Waals surface area contributed by atoms with Crippen LogP contribution < -0.4 is 10.6 Å². The van der Waals surface area contributed by atoms with Crippen molar-refractivity contribution in [2.75, 3.05) is 19.3 Å². The molecule has 1 atom stereocenters. The molecule has 1 aromatic carbocycles. The van der Waals surface area contributed by atoms with E-state index in [1.807, 2.05) is 26.0 Å². The van der Waals surface area contributed by atoms with Crippen LogP contribution in [0.3, 0.4) is 0 Å². The molecule has 1 aromatic heterocycles. The number of furan rings is 1. The lowest BCUT2D eigenvalue weighted by Gasteiger charge is -2.16. The number of hydrogen-bond donors (Lipinski definition) is 2. The first kappa shape index (κ1) is 20.8. The van der Waals surface area contributed by atoms with Crippen molar-refractivity contribution in [3.63, 3.8) is 0 Å². The highest BCUT2D eigenvalue weighted by Crippen LogP contribution is 2.17. The molecule has 0 aliphatic heterocycles. The first-order valence-electron chi connectivity index (χ1n) is 7.50. The van der Waals surface area contributed by atoms with E-state index in [-0.39, 0.29) is 35.8 Å². The molecule has 132 valence electrons. The molecule has 0 aliphatic rings. The molecule has 0 spiro atoms. The lowest BCUT2D eigenvalue weighted by atomic mass is 10.2. The third kappa shape index (κ3) is 6.72. The number of halogens is 2.